The molecular weight excluding hydrogens is 244 g/mol. The molecule has 4 nitrogen and oxygen atoms in total. The zero-order valence-electron chi connectivity index (χ0n) is 10.7. The van der Waals surface area contributed by atoms with Crippen LogP contribution in [0.5, 0.6) is 17.2 Å². The number of ether oxygens (including phenoxy) is 2. The number of methoxy groups -OCH3 is 1. The van der Waals surface area contributed by atoms with Gasteiger partial charge >= 0.3 is 0 Å². The number of aliphatic hydroxyl groups is 2. The third kappa shape index (κ3) is 3.24. The van der Waals surface area contributed by atoms with E-state index in [9.17, 15) is 0 Å². The van der Waals surface area contributed by atoms with E-state index in [1.807, 2.05) is 12.1 Å². The van der Waals surface area contributed by atoms with Crippen LogP contribution in [0.2, 0.25) is 0 Å². The normalized spacial score (nSPS) is 10.3. The number of benzene rings is 2. The Morgan fingerprint density at radius 3 is 2.32 bits per heavy atom. The summed E-state index contributed by atoms with van der Waals surface area (Å²) in [6.07, 6.45) is 0. The van der Waals surface area contributed by atoms with Gasteiger partial charge in [-0.25, -0.2) is 0 Å². The maximum absolute atomic E-state index is 9.14. The predicted octanol–water partition coefficient (Wildman–Crippen LogP) is 2.47. The van der Waals surface area contributed by atoms with Crippen LogP contribution in [0.25, 0.3) is 0 Å². The van der Waals surface area contributed by atoms with Crippen molar-refractivity contribution in [2.45, 2.75) is 13.2 Å². The highest BCUT2D eigenvalue weighted by molar-refractivity contribution is 5.45. The minimum absolute atomic E-state index is 0.0367. The molecule has 0 heterocycles. The molecule has 0 aliphatic carbocycles. The largest absolute Gasteiger partial charge is 0.493 e. The maximum Gasteiger partial charge on any atom is 0.169 e. The number of hydrogen-bond donors (Lipinski definition) is 2. The van der Waals surface area contributed by atoms with E-state index >= 15 is 0 Å². The van der Waals surface area contributed by atoms with Crippen molar-refractivity contribution in [2.75, 3.05) is 7.11 Å². The molecule has 0 aliphatic heterocycles. The van der Waals surface area contributed by atoms with E-state index in [4.69, 9.17) is 19.7 Å². The highest BCUT2D eigenvalue weighted by Gasteiger charge is 2.07. The van der Waals surface area contributed by atoms with Gasteiger partial charge in [-0.2, -0.15) is 0 Å². The average Bonchev–Trinajstić information content (AvgIpc) is 2.47. The summed E-state index contributed by atoms with van der Waals surface area (Å²) in [5.74, 6) is 1.73. The quantitative estimate of drug-likeness (QED) is 0.867. The van der Waals surface area contributed by atoms with Crippen LogP contribution in [-0.4, -0.2) is 17.3 Å². The van der Waals surface area contributed by atoms with Gasteiger partial charge in [0.1, 0.15) is 5.75 Å². The van der Waals surface area contributed by atoms with E-state index in [2.05, 4.69) is 0 Å². The molecule has 0 unspecified atom stereocenters. The van der Waals surface area contributed by atoms with Crippen LogP contribution >= 0.6 is 0 Å². The molecule has 0 radical (unpaired) electrons. The molecule has 2 aromatic rings. The summed E-state index contributed by atoms with van der Waals surface area (Å²) < 4.78 is 11.0. The minimum Gasteiger partial charge on any atom is -0.493 e. The Morgan fingerprint density at radius 1 is 0.895 bits per heavy atom. The molecule has 2 rings (SSSR count). The van der Waals surface area contributed by atoms with Gasteiger partial charge in [0.05, 0.1) is 20.3 Å². The van der Waals surface area contributed by atoms with Crippen LogP contribution in [0.15, 0.2) is 42.5 Å². The number of hydrogen-bond acceptors (Lipinski definition) is 4. The van der Waals surface area contributed by atoms with Crippen LogP contribution in [0.4, 0.5) is 0 Å². The summed E-state index contributed by atoms with van der Waals surface area (Å²) in [7, 11) is 1.56. The summed E-state index contributed by atoms with van der Waals surface area (Å²) in [5, 5.41) is 18.2. The van der Waals surface area contributed by atoms with Crippen molar-refractivity contribution < 1.29 is 19.7 Å². The lowest BCUT2D eigenvalue weighted by molar-refractivity contribution is 0.280. The first-order chi connectivity index (χ1) is 9.26. The second-order valence-electron chi connectivity index (χ2n) is 4.05. The van der Waals surface area contributed by atoms with Crippen LogP contribution in [0.1, 0.15) is 11.1 Å². The minimum atomic E-state index is -0.0585. The zero-order valence-corrected chi connectivity index (χ0v) is 10.7. The zero-order chi connectivity index (χ0) is 13.7. The van der Waals surface area contributed by atoms with Gasteiger partial charge in [-0.1, -0.05) is 18.2 Å². The van der Waals surface area contributed by atoms with Crippen LogP contribution in [-0.2, 0) is 13.2 Å². The SMILES string of the molecule is COc1ccc(CO)cc1Oc1cccc(CO)c1. The van der Waals surface area contributed by atoms with E-state index in [1.54, 1.807) is 37.4 Å². The van der Waals surface area contributed by atoms with Crippen molar-refractivity contribution >= 4 is 0 Å². The number of rotatable bonds is 5. The first-order valence-electron chi connectivity index (χ1n) is 5.92. The molecule has 2 aromatic carbocycles. The van der Waals surface area contributed by atoms with Crippen molar-refractivity contribution in [3.63, 3.8) is 0 Å². The van der Waals surface area contributed by atoms with E-state index in [-0.39, 0.29) is 13.2 Å². The van der Waals surface area contributed by atoms with Gasteiger partial charge in [0.2, 0.25) is 0 Å². The van der Waals surface area contributed by atoms with Crippen LogP contribution in [0, 0.1) is 0 Å². The van der Waals surface area contributed by atoms with E-state index < -0.39 is 0 Å². The molecule has 0 aliphatic rings. The first-order valence-corrected chi connectivity index (χ1v) is 5.92. The summed E-state index contributed by atoms with van der Waals surface area (Å²) in [5.41, 5.74) is 1.52. The first kappa shape index (κ1) is 13.4. The summed E-state index contributed by atoms with van der Waals surface area (Å²) in [6, 6.07) is 12.4. The molecule has 0 bridgehead atoms. The molecule has 2 N–H and O–H groups in total. The molecule has 0 atom stereocenters. The molecule has 0 amide bonds. The Kier molecular flexibility index (Phi) is 4.39. The van der Waals surface area contributed by atoms with Gasteiger partial charge in [0.25, 0.3) is 0 Å². The van der Waals surface area contributed by atoms with Gasteiger partial charge in [-0.05, 0) is 35.4 Å². The number of aliphatic hydroxyl groups excluding tert-OH is 2. The lowest BCUT2D eigenvalue weighted by atomic mass is 10.2. The van der Waals surface area contributed by atoms with Gasteiger partial charge in [0.15, 0.2) is 11.5 Å². The monoisotopic (exact) mass is 260 g/mol. The fourth-order valence-electron chi connectivity index (χ4n) is 1.73. The third-order valence-corrected chi connectivity index (χ3v) is 2.72. The molecule has 4 heteroatoms. The lowest BCUT2D eigenvalue weighted by Gasteiger charge is -2.12. The van der Waals surface area contributed by atoms with Crippen molar-refractivity contribution in [3.8, 4) is 17.2 Å². The molecule has 100 valence electrons. The average molecular weight is 260 g/mol. The second kappa shape index (κ2) is 6.22. The van der Waals surface area contributed by atoms with Gasteiger partial charge in [0, 0.05) is 0 Å². The summed E-state index contributed by atoms with van der Waals surface area (Å²) in [4.78, 5) is 0. The van der Waals surface area contributed by atoms with Gasteiger partial charge in [-0.3, -0.25) is 0 Å². The highest BCUT2D eigenvalue weighted by Crippen LogP contribution is 2.32. The molecule has 0 aromatic heterocycles. The molecule has 0 saturated carbocycles. The van der Waals surface area contributed by atoms with E-state index in [1.165, 1.54) is 0 Å². The van der Waals surface area contributed by atoms with Crippen molar-refractivity contribution in [3.05, 3.63) is 53.6 Å². The second-order valence-corrected chi connectivity index (χ2v) is 4.05. The smallest absolute Gasteiger partial charge is 0.169 e. The van der Waals surface area contributed by atoms with Crippen molar-refractivity contribution in [1.82, 2.24) is 0 Å². The summed E-state index contributed by atoms with van der Waals surface area (Å²) in [6.45, 7) is -0.0952. The molecule has 0 fully saturated rings. The Balaban J connectivity index is 2.30. The van der Waals surface area contributed by atoms with Gasteiger partial charge in [-0.15, -0.1) is 0 Å². The van der Waals surface area contributed by atoms with Crippen molar-refractivity contribution in [1.29, 1.82) is 0 Å². The maximum atomic E-state index is 9.14. The Hall–Kier alpha value is -2.04. The summed E-state index contributed by atoms with van der Waals surface area (Å²) >= 11 is 0. The molecule has 0 spiro atoms. The standard InChI is InChI=1S/C15H16O4/c1-18-14-6-5-12(10-17)8-15(14)19-13-4-2-3-11(7-13)9-16/h2-8,16-17H,9-10H2,1H3. The van der Waals surface area contributed by atoms with Crippen LogP contribution < -0.4 is 9.47 Å². The Bertz CT molecular complexity index is 552. The molecule has 0 saturated heterocycles. The Labute approximate surface area is 111 Å². The van der Waals surface area contributed by atoms with E-state index in [0.29, 0.717) is 17.2 Å². The topological polar surface area (TPSA) is 58.9 Å². The fourth-order valence-corrected chi connectivity index (χ4v) is 1.73. The highest BCUT2D eigenvalue weighted by atomic mass is 16.5. The third-order valence-electron chi connectivity index (χ3n) is 2.72. The molecule has 19 heavy (non-hydrogen) atoms. The molecular formula is C15H16O4. The lowest BCUT2D eigenvalue weighted by Crippen LogP contribution is -1.93. The van der Waals surface area contributed by atoms with Crippen molar-refractivity contribution in [2.24, 2.45) is 0 Å². The fraction of sp³-hybridized carbons (Fsp3) is 0.200. The van der Waals surface area contributed by atoms with E-state index in [0.717, 1.165) is 11.1 Å². The predicted molar refractivity (Wildman–Crippen MR) is 71.4 cm³/mol. The Morgan fingerprint density at radius 2 is 1.63 bits per heavy atom. The van der Waals surface area contributed by atoms with Crippen LogP contribution in [0.3, 0.4) is 0 Å². The van der Waals surface area contributed by atoms with Gasteiger partial charge < -0.3 is 19.7 Å².